The minimum atomic E-state index is -0.201. The van der Waals surface area contributed by atoms with Gasteiger partial charge in [0.15, 0.2) is 0 Å². The van der Waals surface area contributed by atoms with Crippen molar-refractivity contribution in [2.24, 2.45) is 0 Å². The first-order chi connectivity index (χ1) is 21.6. The molecule has 0 saturated heterocycles. The zero-order valence-corrected chi connectivity index (χ0v) is 25.2. The van der Waals surface area contributed by atoms with E-state index >= 15 is 0 Å². The fourth-order valence-corrected chi connectivity index (χ4v) is 6.51. The summed E-state index contributed by atoms with van der Waals surface area (Å²) in [6, 6.07) is 28.3. The number of hydrogen-bond acceptors (Lipinski definition) is 6. The van der Waals surface area contributed by atoms with Crippen molar-refractivity contribution >= 4 is 17.2 Å². The van der Waals surface area contributed by atoms with Gasteiger partial charge in [0.25, 0.3) is 5.91 Å². The maximum atomic E-state index is 12.8. The minimum absolute atomic E-state index is 0.150. The van der Waals surface area contributed by atoms with Crippen LogP contribution in [0, 0.1) is 0 Å². The van der Waals surface area contributed by atoms with Crippen LogP contribution in [0.4, 0.5) is 0 Å². The standard InChI is InChI=1S/C36H30N4O3S/c1-42-29-11-7-24(8-12-29)34(25-9-13-30(43-2)14-10-25)40-35-31-18-23(20-38-36(41)27-4-3-16-37-21-27)5-6-26(31)19-32(35)33(39-40)28-15-17-44-22-28/h3-18,21-22,34H,19-20H2,1-2H3,(H,38,41). The maximum absolute atomic E-state index is 12.8. The maximum Gasteiger partial charge on any atom is 0.253 e. The second-order valence-corrected chi connectivity index (χ2v) is 11.5. The van der Waals surface area contributed by atoms with Crippen LogP contribution in [0.2, 0.25) is 0 Å². The molecular formula is C36H30N4O3S. The van der Waals surface area contributed by atoms with Gasteiger partial charge in [0.2, 0.25) is 0 Å². The Morgan fingerprint density at radius 3 is 2.30 bits per heavy atom. The summed E-state index contributed by atoms with van der Waals surface area (Å²) in [6.07, 6.45) is 4.02. The average molecular weight is 599 g/mol. The topological polar surface area (TPSA) is 78.3 Å². The van der Waals surface area contributed by atoms with Crippen LogP contribution in [0.15, 0.2) is 108 Å². The van der Waals surface area contributed by atoms with Crippen LogP contribution in [-0.2, 0) is 13.0 Å². The molecule has 7 rings (SSSR count). The van der Waals surface area contributed by atoms with E-state index in [-0.39, 0.29) is 11.9 Å². The third kappa shape index (κ3) is 5.14. The highest BCUT2D eigenvalue weighted by atomic mass is 32.1. The number of nitrogens with zero attached hydrogens (tertiary/aromatic N) is 3. The lowest BCUT2D eigenvalue weighted by molar-refractivity contribution is 0.0950. The van der Waals surface area contributed by atoms with Gasteiger partial charge >= 0.3 is 0 Å². The Kier molecular flexibility index (Phi) is 7.42. The summed E-state index contributed by atoms with van der Waals surface area (Å²) in [6.45, 7) is 0.405. The highest BCUT2D eigenvalue weighted by Gasteiger charge is 2.32. The van der Waals surface area contributed by atoms with Gasteiger partial charge in [-0.3, -0.25) is 14.5 Å². The first-order valence-corrected chi connectivity index (χ1v) is 15.3. The summed E-state index contributed by atoms with van der Waals surface area (Å²) in [7, 11) is 3.36. The Bertz CT molecular complexity index is 1870. The molecule has 1 N–H and O–H groups in total. The first-order valence-electron chi connectivity index (χ1n) is 14.3. The second-order valence-electron chi connectivity index (χ2n) is 10.7. The third-order valence-electron chi connectivity index (χ3n) is 8.08. The summed E-state index contributed by atoms with van der Waals surface area (Å²) >= 11 is 1.67. The molecule has 0 saturated carbocycles. The SMILES string of the molecule is COc1ccc(C(c2ccc(OC)cc2)n2nc(-c3ccsc3)c3c2-c2cc(CNC(=O)c4cccnc4)ccc2C3)cc1. The fraction of sp³-hybridized carbons (Fsp3) is 0.139. The molecule has 0 aliphatic heterocycles. The molecule has 1 aliphatic rings. The van der Waals surface area contributed by atoms with Crippen LogP contribution in [0.25, 0.3) is 22.5 Å². The molecule has 1 amide bonds. The molecule has 7 nitrogen and oxygen atoms in total. The van der Waals surface area contributed by atoms with Crippen molar-refractivity contribution in [1.29, 1.82) is 0 Å². The Morgan fingerprint density at radius 1 is 0.955 bits per heavy atom. The number of ether oxygens (including phenoxy) is 2. The summed E-state index contributed by atoms with van der Waals surface area (Å²) in [5.74, 6) is 1.45. The van der Waals surface area contributed by atoms with Crippen LogP contribution in [0.3, 0.4) is 0 Å². The summed E-state index contributed by atoms with van der Waals surface area (Å²) < 4.78 is 13.1. The molecule has 44 heavy (non-hydrogen) atoms. The number of amides is 1. The normalized spacial score (nSPS) is 11.7. The molecule has 0 radical (unpaired) electrons. The number of thiophene rings is 1. The quantitative estimate of drug-likeness (QED) is 0.191. The lowest BCUT2D eigenvalue weighted by Crippen LogP contribution is -2.22. The Morgan fingerprint density at radius 2 is 1.68 bits per heavy atom. The van der Waals surface area contributed by atoms with Crippen LogP contribution in [-0.4, -0.2) is 34.9 Å². The van der Waals surface area contributed by atoms with E-state index in [0.29, 0.717) is 12.1 Å². The molecule has 3 heterocycles. The van der Waals surface area contributed by atoms with Gasteiger partial charge < -0.3 is 14.8 Å². The summed E-state index contributed by atoms with van der Waals surface area (Å²) in [5.41, 5.74) is 10.5. The summed E-state index contributed by atoms with van der Waals surface area (Å²) in [4.78, 5) is 16.8. The number of hydrogen-bond donors (Lipinski definition) is 1. The number of aromatic nitrogens is 3. The van der Waals surface area contributed by atoms with Gasteiger partial charge in [-0.05, 0) is 76.2 Å². The third-order valence-corrected chi connectivity index (χ3v) is 8.77. The molecule has 0 spiro atoms. The highest BCUT2D eigenvalue weighted by Crippen LogP contribution is 2.45. The number of fused-ring (bicyclic) bond motifs is 3. The Hall–Kier alpha value is -5.21. The van der Waals surface area contributed by atoms with E-state index < -0.39 is 0 Å². The van der Waals surface area contributed by atoms with Crippen molar-refractivity contribution in [3.05, 3.63) is 141 Å². The van der Waals surface area contributed by atoms with Gasteiger partial charge in [-0.1, -0.05) is 36.4 Å². The van der Waals surface area contributed by atoms with E-state index in [1.54, 1.807) is 50.1 Å². The number of carbonyl (C=O) groups excluding carboxylic acids is 1. The second kappa shape index (κ2) is 11.8. The molecule has 218 valence electrons. The van der Waals surface area contributed by atoms with E-state index in [1.807, 2.05) is 24.3 Å². The van der Waals surface area contributed by atoms with Crippen molar-refractivity contribution in [3.8, 4) is 34.0 Å². The van der Waals surface area contributed by atoms with Gasteiger partial charge in [-0.2, -0.15) is 16.4 Å². The summed E-state index contributed by atoms with van der Waals surface area (Å²) in [5, 5.41) is 12.6. The van der Waals surface area contributed by atoms with Crippen molar-refractivity contribution in [2.45, 2.75) is 19.0 Å². The largest absolute Gasteiger partial charge is 0.497 e. The lowest BCUT2D eigenvalue weighted by atomic mass is 9.97. The number of methoxy groups -OCH3 is 2. The van der Waals surface area contributed by atoms with Gasteiger partial charge in [0.1, 0.15) is 17.5 Å². The Labute approximate surface area is 259 Å². The number of benzene rings is 3. The Balaban J connectivity index is 1.34. The molecule has 3 aromatic carbocycles. The molecule has 1 aliphatic carbocycles. The first kappa shape index (κ1) is 27.6. The van der Waals surface area contributed by atoms with Gasteiger partial charge in [0.05, 0.1) is 31.2 Å². The number of rotatable bonds is 9. The van der Waals surface area contributed by atoms with Crippen LogP contribution < -0.4 is 14.8 Å². The predicted molar refractivity (Wildman–Crippen MR) is 172 cm³/mol. The zero-order chi connectivity index (χ0) is 30.0. The minimum Gasteiger partial charge on any atom is -0.497 e. The fourth-order valence-electron chi connectivity index (χ4n) is 5.87. The van der Waals surface area contributed by atoms with E-state index in [0.717, 1.165) is 57.1 Å². The highest BCUT2D eigenvalue weighted by molar-refractivity contribution is 7.08. The molecule has 0 unspecified atom stereocenters. The van der Waals surface area contributed by atoms with Crippen LogP contribution >= 0.6 is 11.3 Å². The number of pyridine rings is 1. The van der Waals surface area contributed by atoms with Crippen molar-refractivity contribution in [3.63, 3.8) is 0 Å². The number of carbonyl (C=O) groups is 1. The van der Waals surface area contributed by atoms with E-state index in [4.69, 9.17) is 14.6 Å². The van der Waals surface area contributed by atoms with Gasteiger partial charge in [-0.15, -0.1) is 0 Å². The zero-order valence-electron chi connectivity index (χ0n) is 24.4. The van der Waals surface area contributed by atoms with Crippen molar-refractivity contribution in [1.82, 2.24) is 20.1 Å². The van der Waals surface area contributed by atoms with Crippen molar-refractivity contribution in [2.75, 3.05) is 14.2 Å². The molecule has 0 atom stereocenters. The molecule has 3 aromatic heterocycles. The molecule has 8 heteroatoms. The number of nitrogens with one attached hydrogen (secondary N) is 1. The molecule has 0 fully saturated rings. The van der Waals surface area contributed by atoms with Gasteiger partial charge in [0, 0.05) is 47.4 Å². The van der Waals surface area contributed by atoms with E-state index in [1.165, 1.54) is 11.1 Å². The van der Waals surface area contributed by atoms with Crippen molar-refractivity contribution < 1.29 is 14.3 Å². The van der Waals surface area contributed by atoms with Gasteiger partial charge in [-0.25, -0.2) is 0 Å². The van der Waals surface area contributed by atoms with Crippen LogP contribution in [0.5, 0.6) is 11.5 Å². The predicted octanol–water partition coefficient (Wildman–Crippen LogP) is 7.16. The monoisotopic (exact) mass is 598 g/mol. The lowest BCUT2D eigenvalue weighted by Gasteiger charge is -2.22. The molecule has 6 aromatic rings. The molecule has 0 bridgehead atoms. The van der Waals surface area contributed by atoms with Crippen LogP contribution in [0.1, 0.15) is 44.2 Å². The smallest absolute Gasteiger partial charge is 0.253 e. The average Bonchev–Trinajstić information content (AvgIpc) is 3.82. The molecular weight excluding hydrogens is 568 g/mol. The van der Waals surface area contributed by atoms with E-state index in [9.17, 15) is 4.79 Å². The van der Waals surface area contributed by atoms with E-state index in [2.05, 4.69) is 74.3 Å².